The van der Waals surface area contributed by atoms with Crippen molar-refractivity contribution in [2.75, 3.05) is 14.2 Å². The van der Waals surface area contributed by atoms with Crippen molar-refractivity contribution >= 4 is 32.7 Å². The van der Waals surface area contributed by atoms with Crippen LogP contribution in [-0.4, -0.2) is 30.8 Å². The first-order valence-electron chi connectivity index (χ1n) is 17.3. The smallest absolute Gasteiger partial charge is 0.209 e. The summed E-state index contributed by atoms with van der Waals surface area (Å²) in [4.78, 5) is 7.93. The number of ether oxygens (including phenoxy) is 1. The Morgan fingerprint density at radius 1 is 1.06 bits per heavy atom. The van der Waals surface area contributed by atoms with Gasteiger partial charge in [-0.05, 0) is 85.6 Å². The molecule has 3 unspecified atom stereocenters. The number of methoxy groups -OCH3 is 1. The number of aliphatic imine (C=N–C) groups is 1. The van der Waals surface area contributed by atoms with Gasteiger partial charge in [0, 0.05) is 40.2 Å². The second kappa shape index (κ2) is 16.7. The number of rotatable bonds is 14. The average Bonchev–Trinajstić information content (AvgIpc) is 3.45. The summed E-state index contributed by atoms with van der Waals surface area (Å²) in [5.41, 5.74) is 3.97. The standard InChI is InChI=1S/C40H55F2N3OS/c1-13-16-34(46-12)44-38-30(27(10)45(11)33(23(4)5)20-17-25(8)14-2)21-29(26(9)15-3)35(37(38)42)28-18-19-32(41)40-36(28)31(22-43)39(47-40)24(6)7/h16,18-19,21,23-26,33H,13-15,17,20H2,1-12H3/b30-27+,34-16-,44-38+. The number of fused-ring (bicyclic) bond motifs is 1. The van der Waals surface area contributed by atoms with Gasteiger partial charge in [-0.2, -0.15) is 5.26 Å². The molecule has 0 saturated carbocycles. The van der Waals surface area contributed by atoms with Crippen LogP contribution in [0.25, 0.3) is 15.7 Å². The summed E-state index contributed by atoms with van der Waals surface area (Å²) in [6.07, 6.45) is 8.66. The Hall–Kier alpha value is -3.24. The fourth-order valence-corrected chi connectivity index (χ4v) is 7.56. The minimum atomic E-state index is -0.487. The minimum Gasteiger partial charge on any atom is -0.481 e. The molecule has 0 radical (unpaired) electrons. The van der Waals surface area contributed by atoms with Gasteiger partial charge < -0.3 is 9.64 Å². The molecule has 1 aliphatic carbocycles. The first kappa shape index (κ1) is 38.2. The van der Waals surface area contributed by atoms with E-state index in [1.165, 1.54) is 17.4 Å². The summed E-state index contributed by atoms with van der Waals surface area (Å²) in [5, 5.41) is 10.8. The number of allylic oxidation sites excluding steroid dienone is 7. The minimum absolute atomic E-state index is 0.0152. The first-order chi connectivity index (χ1) is 22.3. The molecule has 2 aromatic rings. The zero-order valence-electron chi connectivity index (χ0n) is 30.6. The molecule has 1 heterocycles. The van der Waals surface area contributed by atoms with Gasteiger partial charge >= 0.3 is 0 Å². The molecule has 256 valence electrons. The number of nitriles is 1. The number of halogens is 2. The second-order valence-electron chi connectivity index (χ2n) is 13.6. The molecule has 0 bridgehead atoms. The summed E-state index contributed by atoms with van der Waals surface area (Å²) in [6, 6.07) is 5.63. The van der Waals surface area contributed by atoms with E-state index >= 15 is 8.78 Å². The van der Waals surface area contributed by atoms with Gasteiger partial charge in [0.1, 0.15) is 17.6 Å². The van der Waals surface area contributed by atoms with Crippen LogP contribution >= 0.6 is 11.3 Å². The van der Waals surface area contributed by atoms with Crippen LogP contribution in [0.15, 0.2) is 57.8 Å². The van der Waals surface area contributed by atoms with E-state index in [9.17, 15) is 5.26 Å². The highest BCUT2D eigenvalue weighted by Gasteiger charge is 2.34. The Labute approximate surface area is 286 Å². The Morgan fingerprint density at radius 2 is 1.74 bits per heavy atom. The lowest BCUT2D eigenvalue weighted by molar-refractivity contribution is 0.213. The van der Waals surface area contributed by atoms with Gasteiger partial charge in [-0.1, -0.05) is 74.8 Å². The van der Waals surface area contributed by atoms with Crippen LogP contribution in [0.5, 0.6) is 0 Å². The maximum Gasteiger partial charge on any atom is 0.209 e. The highest BCUT2D eigenvalue weighted by atomic mass is 32.1. The van der Waals surface area contributed by atoms with Crippen LogP contribution in [0.2, 0.25) is 0 Å². The van der Waals surface area contributed by atoms with Gasteiger partial charge in [-0.15, -0.1) is 11.3 Å². The molecule has 1 aromatic heterocycles. The molecular weight excluding hydrogens is 609 g/mol. The van der Waals surface area contributed by atoms with Crippen molar-refractivity contribution in [3.8, 4) is 6.07 Å². The number of thiophene rings is 1. The van der Waals surface area contributed by atoms with Crippen LogP contribution in [0, 0.1) is 34.9 Å². The fourth-order valence-electron chi connectivity index (χ4n) is 6.37. The molecule has 0 fully saturated rings. The van der Waals surface area contributed by atoms with Gasteiger partial charge in [0.05, 0.1) is 17.4 Å². The molecule has 7 heteroatoms. The molecule has 1 aromatic carbocycles. The Balaban J connectivity index is 2.46. The maximum atomic E-state index is 17.6. The van der Waals surface area contributed by atoms with E-state index in [2.05, 4.69) is 72.6 Å². The summed E-state index contributed by atoms with van der Waals surface area (Å²) >= 11 is 1.29. The van der Waals surface area contributed by atoms with Gasteiger partial charge in [0.2, 0.25) is 5.88 Å². The monoisotopic (exact) mass is 663 g/mol. The lowest BCUT2D eigenvalue weighted by Crippen LogP contribution is -2.36. The van der Waals surface area contributed by atoms with Crippen LogP contribution < -0.4 is 0 Å². The number of hydrogen-bond donors (Lipinski definition) is 0. The summed E-state index contributed by atoms with van der Waals surface area (Å²) in [6.45, 7) is 21.2. The van der Waals surface area contributed by atoms with Gasteiger partial charge in [0.25, 0.3) is 0 Å². The molecule has 4 nitrogen and oxygen atoms in total. The molecule has 0 amide bonds. The van der Waals surface area contributed by atoms with Crippen LogP contribution in [0.4, 0.5) is 8.78 Å². The summed E-state index contributed by atoms with van der Waals surface area (Å²) < 4.78 is 39.0. The molecule has 3 atom stereocenters. The van der Waals surface area contributed by atoms with Crippen LogP contribution in [0.3, 0.4) is 0 Å². The quantitative estimate of drug-likeness (QED) is 0.189. The third-order valence-electron chi connectivity index (χ3n) is 9.79. The van der Waals surface area contributed by atoms with Crippen molar-refractivity contribution in [2.24, 2.45) is 22.7 Å². The third-order valence-corrected chi connectivity index (χ3v) is 11.3. The Kier molecular flexibility index (Phi) is 13.6. The van der Waals surface area contributed by atoms with Gasteiger partial charge in [-0.25, -0.2) is 13.8 Å². The molecule has 0 aliphatic heterocycles. The van der Waals surface area contributed by atoms with Crippen molar-refractivity contribution in [3.05, 3.63) is 74.7 Å². The van der Waals surface area contributed by atoms with E-state index in [0.29, 0.717) is 56.5 Å². The van der Waals surface area contributed by atoms with Crippen LogP contribution in [-0.2, 0) is 4.74 Å². The lowest BCUT2D eigenvalue weighted by Gasteiger charge is -2.36. The van der Waals surface area contributed by atoms with E-state index in [1.807, 2.05) is 26.8 Å². The second-order valence-corrected chi connectivity index (χ2v) is 14.7. The molecule has 3 rings (SSSR count). The first-order valence-corrected chi connectivity index (χ1v) is 18.1. The van der Waals surface area contributed by atoms with Crippen molar-refractivity contribution in [1.82, 2.24) is 4.90 Å². The van der Waals surface area contributed by atoms with Crippen molar-refractivity contribution in [2.45, 2.75) is 113 Å². The largest absolute Gasteiger partial charge is 0.481 e. The maximum absolute atomic E-state index is 17.6. The van der Waals surface area contributed by atoms with Crippen molar-refractivity contribution in [1.29, 1.82) is 5.26 Å². The summed E-state index contributed by atoms with van der Waals surface area (Å²) in [7, 11) is 3.65. The van der Waals surface area contributed by atoms with Gasteiger partial charge in [0.15, 0.2) is 5.83 Å². The van der Waals surface area contributed by atoms with E-state index in [1.54, 1.807) is 13.2 Å². The summed E-state index contributed by atoms with van der Waals surface area (Å²) in [5.74, 6) is 0.468. The number of nitrogens with zero attached hydrogens (tertiary/aromatic N) is 3. The SMILES string of the molecule is CC/C=C(/N=C1/C(F)=C(c2ccc(F)c3sc(C(C)C)c(C#N)c23)C(C(C)CC)=C/C1=C(/C)N(C)C(CCC(C)CC)C(C)C)OC. The van der Waals surface area contributed by atoms with E-state index in [-0.39, 0.29) is 23.6 Å². The highest BCUT2D eigenvalue weighted by Crippen LogP contribution is 2.47. The fraction of sp³-hybridized carbons (Fsp3) is 0.550. The Bertz CT molecular complexity index is 1630. The van der Waals surface area contributed by atoms with Crippen LogP contribution in [0.1, 0.15) is 123 Å². The molecular formula is C40H55F2N3OS. The zero-order chi connectivity index (χ0) is 35.2. The molecule has 0 saturated heterocycles. The zero-order valence-corrected chi connectivity index (χ0v) is 31.5. The molecule has 1 aliphatic rings. The predicted molar refractivity (Wildman–Crippen MR) is 197 cm³/mol. The number of benzene rings is 1. The topological polar surface area (TPSA) is 48.6 Å². The molecule has 0 N–H and O–H groups in total. The van der Waals surface area contributed by atoms with Crippen molar-refractivity contribution in [3.63, 3.8) is 0 Å². The van der Waals surface area contributed by atoms with E-state index in [0.717, 1.165) is 41.8 Å². The predicted octanol–water partition coefficient (Wildman–Crippen LogP) is 12.1. The third kappa shape index (κ3) is 8.08. The average molecular weight is 664 g/mol. The van der Waals surface area contributed by atoms with Crippen molar-refractivity contribution < 1.29 is 13.5 Å². The highest BCUT2D eigenvalue weighted by molar-refractivity contribution is 7.19. The Morgan fingerprint density at radius 3 is 2.28 bits per heavy atom. The molecule has 0 spiro atoms. The molecule has 47 heavy (non-hydrogen) atoms. The van der Waals surface area contributed by atoms with E-state index in [4.69, 9.17) is 9.73 Å². The lowest BCUT2D eigenvalue weighted by atomic mass is 9.79. The number of hydrogen-bond acceptors (Lipinski definition) is 5. The normalized spacial score (nSPS) is 18.1. The van der Waals surface area contributed by atoms with E-state index < -0.39 is 11.6 Å². The van der Waals surface area contributed by atoms with Gasteiger partial charge in [-0.3, -0.25) is 0 Å².